The molecule has 1 aromatic heterocycles. The largest absolute Gasteiger partial charge is 0.507 e. The summed E-state index contributed by atoms with van der Waals surface area (Å²) >= 11 is 0. The Balaban J connectivity index is 1.57. The number of carbonyl (C=O) groups is 1. The first-order valence-corrected chi connectivity index (χ1v) is 8.72. The third kappa shape index (κ3) is 2.45. The Kier molecular flexibility index (Phi) is 3.72. The van der Waals surface area contributed by atoms with Gasteiger partial charge in [0.1, 0.15) is 5.75 Å². The van der Waals surface area contributed by atoms with Crippen molar-refractivity contribution in [3.8, 4) is 5.75 Å². The topological polar surface area (TPSA) is 70.4 Å². The van der Waals surface area contributed by atoms with Crippen LogP contribution in [0, 0.1) is 0 Å². The van der Waals surface area contributed by atoms with E-state index in [1.807, 2.05) is 6.07 Å². The summed E-state index contributed by atoms with van der Waals surface area (Å²) in [7, 11) is 4.00. The van der Waals surface area contributed by atoms with E-state index in [9.17, 15) is 9.90 Å². The SMILES string of the molecule is CN1[C@@H]2CCC[C@H]1CC(NC(=O)c1nn(C)c3cccc(O)c13)C2. The first kappa shape index (κ1) is 15.4. The van der Waals surface area contributed by atoms with Crippen LogP contribution in [0.5, 0.6) is 5.75 Å². The number of piperidine rings is 2. The molecular formula is C18H24N4O2. The predicted molar refractivity (Wildman–Crippen MR) is 92.1 cm³/mol. The molecule has 0 radical (unpaired) electrons. The molecule has 1 amide bonds. The van der Waals surface area contributed by atoms with Crippen molar-refractivity contribution in [1.82, 2.24) is 20.0 Å². The highest BCUT2D eigenvalue weighted by atomic mass is 16.3. The van der Waals surface area contributed by atoms with E-state index in [0.29, 0.717) is 23.2 Å². The molecule has 1 unspecified atom stereocenters. The molecule has 2 saturated heterocycles. The number of hydrogen-bond donors (Lipinski definition) is 2. The fraction of sp³-hybridized carbons (Fsp3) is 0.556. The quantitative estimate of drug-likeness (QED) is 0.885. The van der Waals surface area contributed by atoms with Crippen molar-refractivity contribution in [2.75, 3.05) is 7.05 Å². The van der Waals surface area contributed by atoms with Gasteiger partial charge in [0, 0.05) is 25.2 Å². The molecule has 24 heavy (non-hydrogen) atoms. The monoisotopic (exact) mass is 328 g/mol. The number of benzene rings is 1. The van der Waals surface area contributed by atoms with Gasteiger partial charge in [-0.2, -0.15) is 5.10 Å². The van der Waals surface area contributed by atoms with Crippen molar-refractivity contribution in [2.45, 2.75) is 50.2 Å². The molecule has 0 saturated carbocycles. The van der Waals surface area contributed by atoms with E-state index >= 15 is 0 Å². The Morgan fingerprint density at radius 2 is 1.96 bits per heavy atom. The van der Waals surface area contributed by atoms with E-state index in [0.717, 1.165) is 18.4 Å². The number of nitrogens with one attached hydrogen (secondary N) is 1. The number of rotatable bonds is 2. The van der Waals surface area contributed by atoms with Crippen LogP contribution in [0.2, 0.25) is 0 Å². The van der Waals surface area contributed by atoms with E-state index in [-0.39, 0.29) is 17.7 Å². The summed E-state index contributed by atoms with van der Waals surface area (Å²) in [6.45, 7) is 0. The first-order chi connectivity index (χ1) is 11.5. The molecule has 128 valence electrons. The highest BCUT2D eigenvalue weighted by Crippen LogP contribution is 2.33. The van der Waals surface area contributed by atoms with Gasteiger partial charge >= 0.3 is 0 Å². The van der Waals surface area contributed by atoms with Gasteiger partial charge < -0.3 is 15.3 Å². The number of phenolic OH excluding ortho intramolecular Hbond substituents is 1. The fourth-order valence-corrected chi connectivity index (χ4v) is 4.44. The molecule has 6 heteroatoms. The minimum atomic E-state index is -0.185. The number of aromatic nitrogens is 2. The van der Waals surface area contributed by atoms with Gasteiger partial charge in [-0.1, -0.05) is 12.5 Å². The molecule has 3 heterocycles. The van der Waals surface area contributed by atoms with Crippen LogP contribution < -0.4 is 5.32 Å². The number of aromatic hydroxyl groups is 1. The zero-order chi connectivity index (χ0) is 16.8. The van der Waals surface area contributed by atoms with E-state index < -0.39 is 0 Å². The third-order valence-corrected chi connectivity index (χ3v) is 5.75. The summed E-state index contributed by atoms with van der Waals surface area (Å²) in [5.41, 5.74) is 1.08. The molecule has 4 rings (SSSR count). The third-order valence-electron chi connectivity index (χ3n) is 5.75. The van der Waals surface area contributed by atoms with Gasteiger partial charge in [-0.15, -0.1) is 0 Å². The number of fused-ring (bicyclic) bond motifs is 3. The van der Waals surface area contributed by atoms with Crippen molar-refractivity contribution in [1.29, 1.82) is 0 Å². The smallest absolute Gasteiger partial charge is 0.272 e. The summed E-state index contributed by atoms with van der Waals surface area (Å²) in [5, 5.41) is 18.2. The molecule has 2 aliphatic heterocycles. The molecule has 2 bridgehead atoms. The second-order valence-corrected chi connectivity index (χ2v) is 7.19. The van der Waals surface area contributed by atoms with Crippen LogP contribution in [0.25, 0.3) is 10.9 Å². The molecule has 2 fully saturated rings. The van der Waals surface area contributed by atoms with Gasteiger partial charge in [0.15, 0.2) is 5.69 Å². The minimum absolute atomic E-state index is 0.103. The standard InChI is InChI=1S/C18H24N4O2/c1-21-12-5-3-6-13(21)10-11(9-12)19-18(24)17-16-14(22(2)20-17)7-4-8-15(16)23/h4,7-8,11-13,23H,3,5-6,9-10H2,1-2H3,(H,19,24)/t11?,12-,13+. The number of nitrogens with zero attached hydrogens (tertiary/aromatic N) is 3. The van der Waals surface area contributed by atoms with Crippen molar-refractivity contribution in [2.24, 2.45) is 7.05 Å². The van der Waals surface area contributed by atoms with E-state index in [2.05, 4.69) is 22.4 Å². The Labute approximate surface area is 141 Å². The lowest BCUT2D eigenvalue weighted by Crippen LogP contribution is -2.55. The van der Waals surface area contributed by atoms with E-state index in [1.165, 1.54) is 19.3 Å². The summed E-state index contributed by atoms with van der Waals surface area (Å²) in [6.07, 6.45) is 5.71. The van der Waals surface area contributed by atoms with Gasteiger partial charge in [0.25, 0.3) is 5.91 Å². The summed E-state index contributed by atoms with van der Waals surface area (Å²) < 4.78 is 1.65. The van der Waals surface area contributed by atoms with Crippen LogP contribution in [0.15, 0.2) is 18.2 Å². The number of hydrogen-bond acceptors (Lipinski definition) is 4. The van der Waals surface area contributed by atoms with Crippen LogP contribution in [-0.4, -0.2) is 50.9 Å². The highest BCUT2D eigenvalue weighted by Gasteiger charge is 2.36. The first-order valence-electron chi connectivity index (χ1n) is 8.72. The molecule has 2 N–H and O–H groups in total. The number of phenols is 1. The molecule has 0 spiro atoms. The van der Waals surface area contributed by atoms with Gasteiger partial charge in [0.05, 0.1) is 10.9 Å². The van der Waals surface area contributed by atoms with Crippen LogP contribution in [-0.2, 0) is 7.05 Å². The Hall–Kier alpha value is -2.08. The van der Waals surface area contributed by atoms with E-state index in [4.69, 9.17) is 0 Å². The van der Waals surface area contributed by atoms with Gasteiger partial charge in [-0.05, 0) is 44.9 Å². The number of aryl methyl sites for hydroxylation is 1. The fourth-order valence-electron chi connectivity index (χ4n) is 4.44. The van der Waals surface area contributed by atoms with Gasteiger partial charge in [-0.3, -0.25) is 9.48 Å². The second-order valence-electron chi connectivity index (χ2n) is 7.19. The minimum Gasteiger partial charge on any atom is -0.507 e. The second kappa shape index (κ2) is 5.77. The molecule has 2 aromatic rings. The lowest BCUT2D eigenvalue weighted by Gasteiger charge is -2.47. The lowest BCUT2D eigenvalue weighted by atomic mass is 9.82. The van der Waals surface area contributed by atoms with Gasteiger partial charge in [-0.25, -0.2) is 0 Å². The molecule has 0 aliphatic carbocycles. The lowest BCUT2D eigenvalue weighted by molar-refractivity contribution is 0.0462. The zero-order valence-electron chi connectivity index (χ0n) is 14.2. The average molecular weight is 328 g/mol. The van der Waals surface area contributed by atoms with E-state index in [1.54, 1.807) is 23.9 Å². The summed E-state index contributed by atoms with van der Waals surface area (Å²) in [4.78, 5) is 15.3. The highest BCUT2D eigenvalue weighted by molar-refractivity contribution is 6.07. The molecular weight excluding hydrogens is 304 g/mol. The molecule has 6 nitrogen and oxygen atoms in total. The molecule has 3 atom stereocenters. The van der Waals surface area contributed by atoms with Gasteiger partial charge in [0.2, 0.25) is 0 Å². The maximum absolute atomic E-state index is 12.8. The van der Waals surface area contributed by atoms with Crippen molar-refractivity contribution < 1.29 is 9.90 Å². The Bertz CT molecular complexity index is 771. The van der Waals surface area contributed by atoms with Crippen LogP contribution in [0.4, 0.5) is 0 Å². The molecule has 1 aromatic carbocycles. The predicted octanol–water partition coefficient (Wildman–Crippen LogP) is 2.02. The zero-order valence-corrected chi connectivity index (χ0v) is 14.2. The normalized spacial score (nSPS) is 27.3. The maximum Gasteiger partial charge on any atom is 0.272 e. The number of carbonyl (C=O) groups excluding carboxylic acids is 1. The average Bonchev–Trinajstić information content (AvgIpc) is 2.87. The van der Waals surface area contributed by atoms with Crippen molar-refractivity contribution in [3.63, 3.8) is 0 Å². The maximum atomic E-state index is 12.8. The number of amides is 1. The van der Waals surface area contributed by atoms with Crippen LogP contribution >= 0.6 is 0 Å². The Morgan fingerprint density at radius 3 is 2.67 bits per heavy atom. The Morgan fingerprint density at radius 1 is 1.25 bits per heavy atom. The van der Waals surface area contributed by atoms with Crippen LogP contribution in [0.3, 0.4) is 0 Å². The molecule has 2 aliphatic rings. The van der Waals surface area contributed by atoms with Crippen molar-refractivity contribution >= 4 is 16.8 Å². The summed E-state index contributed by atoms with van der Waals surface area (Å²) in [6, 6.07) is 6.54. The van der Waals surface area contributed by atoms with Crippen molar-refractivity contribution in [3.05, 3.63) is 23.9 Å². The van der Waals surface area contributed by atoms with Crippen LogP contribution in [0.1, 0.15) is 42.6 Å². The summed E-state index contributed by atoms with van der Waals surface area (Å²) in [5.74, 6) is -0.0827.